The maximum absolute atomic E-state index is 12.2. The second-order valence-corrected chi connectivity index (χ2v) is 6.41. The lowest BCUT2D eigenvalue weighted by atomic mass is 10.0. The van der Waals surface area contributed by atoms with Crippen LogP contribution in [0, 0.1) is 12.3 Å². The standard InChI is InChI=1S/C23H19N3O4/c1-2-11-28-20-9-7-16-5-3-4-6-18(16)19(20)13-25-26-23(27)14-24-17-8-10-21-22(12-17)30-15-29-21/h1,3-10,12-13,24H,11,14-15H2,(H,26,27)/b25-13-. The first-order chi connectivity index (χ1) is 14.7. The first-order valence-corrected chi connectivity index (χ1v) is 9.28. The zero-order chi connectivity index (χ0) is 20.8. The molecule has 0 aromatic heterocycles. The Balaban J connectivity index is 1.41. The summed E-state index contributed by atoms with van der Waals surface area (Å²) in [6.07, 6.45) is 6.86. The van der Waals surface area contributed by atoms with Crippen molar-refractivity contribution < 1.29 is 19.0 Å². The SMILES string of the molecule is C#CCOc1ccc2ccccc2c1/C=N\NC(=O)CNc1ccc2c(c1)OCO2. The highest BCUT2D eigenvalue weighted by molar-refractivity contribution is 6.02. The third kappa shape index (κ3) is 4.28. The van der Waals surface area contributed by atoms with E-state index in [0.29, 0.717) is 17.2 Å². The van der Waals surface area contributed by atoms with Gasteiger partial charge in [0, 0.05) is 17.3 Å². The summed E-state index contributed by atoms with van der Waals surface area (Å²) < 4.78 is 16.2. The fourth-order valence-corrected chi connectivity index (χ4v) is 3.05. The molecule has 0 radical (unpaired) electrons. The number of carbonyl (C=O) groups excluding carboxylic acids is 1. The zero-order valence-corrected chi connectivity index (χ0v) is 16.1. The third-order valence-corrected chi connectivity index (χ3v) is 4.45. The molecule has 0 saturated heterocycles. The average molecular weight is 401 g/mol. The predicted octanol–water partition coefficient (Wildman–Crippen LogP) is 3.14. The number of amides is 1. The molecule has 0 atom stereocenters. The van der Waals surface area contributed by atoms with Crippen LogP contribution < -0.4 is 25.0 Å². The number of fused-ring (bicyclic) bond motifs is 2. The van der Waals surface area contributed by atoms with Crippen molar-refractivity contribution in [1.29, 1.82) is 0 Å². The number of hydrogen-bond donors (Lipinski definition) is 2. The van der Waals surface area contributed by atoms with Gasteiger partial charge in [0.15, 0.2) is 11.5 Å². The Bertz CT molecular complexity index is 1150. The van der Waals surface area contributed by atoms with Gasteiger partial charge in [-0.05, 0) is 29.0 Å². The number of ether oxygens (including phenoxy) is 3. The fourth-order valence-electron chi connectivity index (χ4n) is 3.05. The van der Waals surface area contributed by atoms with Crippen LogP contribution in [0.2, 0.25) is 0 Å². The van der Waals surface area contributed by atoms with Gasteiger partial charge in [-0.2, -0.15) is 5.10 Å². The minimum Gasteiger partial charge on any atom is -0.480 e. The molecule has 7 nitrogen and oxygen atoms in total. The summed E-state index contributed by atoms with van der Waals surface area (Å²) in [5.74, 6) is 4.09. The molecule has 0 spiro atoms. The van der Waals surface area contributed by atoms with E-state index in [0.717, 1.165) is 22.0 Å². The number of rotatable bonds is 7. The van der Waals surface area contributed by atoms with E-state index in [2.05, 4.69) is 21.8 Å². The summed E-state index contributed by atoms with van der Waals surface area (Å²) in [5, 5.41) is 9.09. The van der Waals surface area contributed by atoms with Gasteiger partial charge < -0.3 is 19.5 Å². The lowest BCUT2D eigenvalue weighted by Crippen LogP contribution is -2.25. The minimum absolute atomic E-state index is 0.0486. The van der Waals surface area contributed by atoms with Crippen molar-refractivity contribution in [2.45, 2.75) is 0 Å². The molecule has 3 aromatic carbocycles. The first kappa shape index (κ1) is 19.2. The van der Waals surface area contributed by atoms with Gasteiger partial charge in [0.25, 0.3) is 5.91 Å². The molecular formula is C23H19N3O4. The van der Waals surface area contributed by atoms with Crippen molar-refractivity contribution in [1.82, 2.24) is 5.43 Å². The third-order valence-electron chi connectivity index (χ3n) is 4.45. The Kier molecular flexibility index (Phi) is 5.67. The van der Waals surface area contributed by atoms with Crippen LogP contribution in [-0.2, 0) is 4.79 Å². The Morgan fingerprint density at radius 3 is 2.93 bits per heavy atom. The maximum atomic E-state index is 12.2. The fraction of sp³-hybridized carbons (Fsp3) is 0.130. The van der Waals surface area contributed by atoms with E-state index in [1.807, 2.05) is 42.5 Å². The molecule has 30 heavy (non-hydrogen) atoms. The molecule has 1 aliphatic rings. The molecule has 7 heteroatoms. The van der Waals surface area contributed by atoms with Gasteiger partial charge in [0.2, 0.25) is 6.79 Å². The molecule has 0 aliphatic carbocycles. The van der Waals surface area contributed by atoms with Gasteiger partial charge in [-0.3, -0.25) is 4.79 Å². The van der Waals surface area contributed by atoms with Crippen LogP contribution >= 0.6 is 0 Å². The molecule has 1 heterocycles. The van der Waals surface area contributed by atoms with Crippen molar-refractivity contribution in [3.63, 3.8) is 0 Å². The lowest BCUT2D eigenvalue weighted by Gasteiger charge is -2.10. The molecule has 1 aliphatic heterocycles. The van der Waals surface area contributed by atoms with Gasteiger partial charge in [-0.15, -0.1) is 6.42 Å². The Hall–Kier alpha value is -4.18. The van der Waals surface area contributed by atoms with Gasteiger partial charge in [-0.25, -0.2) is 5.43 Å². The Labute approximate surface area is 173 Å². The monoisotopic (exact) mass is 401 g/mol. The van der Waals surface area contributed by atoms with Gasteiger partial charge >= 0.3 is 0 Å². The van der Waals surface area contributed by atoms with Crippen molar-refractivity contribution in [2.75, 3.05) is 25.3 Å². The normalized spacial score (nSPS) is 12.0. The van der Waals surface area contributed by atoms with E-state index in [4.69, 9.17) is 20.6 Å². The van der Waals surface area contributed by atoms with Gasteiger partial charge in [-0.1, -0.05) is 36.3 Å². The molecule has 0 fully saturated rings. The van der Waals surface area contributed by atoms with E-state index in [1.54, 1.807) is 18.3 Å². The molecule has 150 valence electrons. The van der Waals surface area contributed by atoms with Crippen LogP contribution in [0.3, 0.4) is 0 Å². The summed E-state index contributed by atoms with van der Waals surface area (Å²) in [6.45, 7) is 0.396. The summed E-state index contributed by atoms with van der Waals surface area (Å²) in [7, 11) is 0. The van der Waals surface area contributed by atoms with Crippen LogP contribution in [-0.4, -0.2) is 32.1 Å². The number of anilines is 1. The van der Waals surface area contributed by atoms with Crippen LogP contribution in [0.25, 0.3) is 10.8 Å². The molecular weight excluding hydrogens is 382 g/mol. The number of terminal acetylenes is 1. The number of nitrogens with zero attached hydrogens (tertiary/aromatic N) is 1. The van der Waals surface area contributed by atoms with Crippen LogP contribution in [0.5, 0.6) is 17.2 Å². The van der Waals surface area contributed by atoms with E-state index in [-0.39, 0.29) is 25.9 Å². The lowest BCUT2D eigenvalue weighted by molar-refractivity contribution is -0.119. The van der Waals surface area contributed by atoms with Crippen molar-refractivity contribution in [3.05, 3.63) is 60.2 Å². The van der Waals surface area contributed by atoms with Crippen molar-refractivity contribution in [3.8, 4) is 29.6 Å². The second kappa shape index (κ2) is 8.88. The summed E-state index contributed by atoms with van der Waals surface area (Å²) in [4.78, 5) is 12.2. The highest BCUT2D eigenvalue weighted by Gasteiger charge is 2.13. The van der Waals surface area contributed by atoms with Crippen LogP contribution in [0.15, 0.2) is 59.7 Å². The van der Waals surface area contributed by atoms with E-state index in [9.17, 15) is 4.79 Å². The molecule has 0 unspecified atom stereocenters. The Morgan fingerprint density at radius 1 is 1.17 bits per heavy atom. The molecule has 2 N–H and O–H groups in total. The van der Waals surface area contributed by atoms with E-state index >= 15 is 0 Å². The first-order valence-electron chi connectivity index (χ1n) is 9.28. The smallest absolute Gasteiger partial charge is 0.259 e. The topological polar surface area (TPSA) is 81.2 Å². The number of carbonyl (C=O) groups is 1. The molecule has 3 aromatic rings. The summed E-state index contributed by atoms with van der Waals surface area (Å²) in [5.41, 5.74) is 4.01. The molecule has 1 amide bonds. The van der Waals surface area contributed by atoms with Gasteiger partial charge in [0.1, 0.15) is 12.4 Å². The van der Waals surface area contributed by atoms with Crippen LogP contribution in [0.1, 0.15) is 5.56 Å². The average Bonchev–Trinajstić information content (AvgIpc) is 3.25. The Morgan fingerprint density at radius 2 is 2.03 bits per heavy atom. The van der Waals surface area contributed by atoms with E-state index < -0.39 is 0 Å². The van der Waals surface area contributed by atoms with Gasteiger partial charge in [0.05, 0.1) is 12.8 Å². The number of hydrazone groups is 1. The number of hydrogen-bond acceptors (Lipinski definition) is 6. The predicted molar refractivity (Wildman–Crippen MR) is 115 cm³/mol. The highest BCUT2D eigenvalue weighted by Crippen LogP contribution is 2.34. The molecule has 0 bridgehead atoms. The molecule has 0 saturated carbocycles. The van der Waals surface area contributed by atoms with E-state index in [1.165, 1.54) is 0 Å². The zero-order valence-electron chi connectivity index (χ0n) is 16.1. The summed E-state index contributed by atoms with van der Waals surface area (Å²) in [6, 6.07) is 17.0. The quantitative estimate of drug-likeness (QED) is 0.361. The summed E-state index contributed by atoms with van der Waals surface area (Å²) >= 11 is 0. The van der Waals surface area contributed by atoms with Crippen molar-refractivity contribution in [2.24, 2.45) is 5.10 Å². The minimum atomic E-state index is -0.296. The number of nitrogens with one attached hydrogen (secondary N) is 2. The highest BCUT2D eigenvalue weighted by atomic mass is 16.7. The van der Waals surface area contributed by atoms with Crippen molar-refractivity contribution >= 4 is 28.6 Å². The maximum Gasteiger partial charge on any atom is 0.259 e. The largest absolute Gasteiger partial charge is 0.480 e. The number of benzene rings is 3. The second-order valence-electron chi connectivity index (χ2n) is 6.41. The molecule has 4 rings (SSSR count). The van der Waals surface area contributed by atoms with Crippen LogP contribution in [0.4, 0.5) is 5.69 Å².